The van der Waals surface area contributed by atoms with Crippen molar-refractivity contribution < 1.29 is 38.8 Å². The van der Waals surface area contributed by atoms with Crippen LogP contribution >= 0.6 is 23.1 Å². The number of aliphatic carboxylic acids is 1. The molecule has 3 amide bonds. The lowest BCUT2D eigenvalue weighted by Gasteiger charge is -2.36. The molecule has 18 heteroatoms. The summed E-state index contributed by atoms with van der Waals surface area (Å²) in [5, 5.41) is 32.6. The van der Waals surface area contributed by atoms with Crippen LogP contribution in [-0.4, -0.2) is 74.4 Å². The van der Waals surface area contributed by atoms with E-state index in [1.54, 1.807) is 5.38 Å². The van der Waals surface area contributed by atoms with Gasteiger partial charge in [0.1, 0.15) is 24.2 Å². The highest BCUT2D eigenvalue weighted by Gasteiger charge is 2.41. The molecule has 1 fully saturated rings. The van der Waals surface area contributed by atoms with E-state index in [-0.39, 0.29) is 30.4 Å². The Labute approximate surface area is 234 Å². The predicted octanol–water partition coefficient (Wildman–Crippen LogP) is 0.622. The fourth-order valence-electron chi connectivity index (χ4n) is 3.16. The van der Waals surface area contributed by atoms with E-state index in [1.807, 2.05) is 0 Å². The summed E-state index contributed by atoms with van der Waals surface area (Å²) in [6, 6.07) is 4.71. The molecule has 6 N–H and O–H groups in total. The van der Waals surface area contributed by atoms with Gasteiger partial charge in [0.25, 0.3) is 11.6 Å². The molecule has 2 aromatic rings. The van der Waals surface area contributed by atoms with Gasteiger partial charge < -0.3 is 36.4 Å². The Kier molecular flexibility index (Phi) is 10.2. The van der Waals surface area contributed by atoms with Gasteiger partial charge in [-0.2, -0.15) is 0 Å². The number of carboxylic acid groups (broad SMARTS) is 1. The number of anilines is 1. The summed E-state index contributed by atoms with van der Waals surface area (Å²) in [5.74, 6) is -2.15. The monoisotopic (exact) mass is 595 g/mol. The lowest BCUT2D eigenvalue weighted by atomic mass is 10.0. The molecule has 3 atom stereocenters. The molecule has 1 saturated heterocycles. The van der Waals surface area contributed by atoms with E-state index < -0.39 is 45.8 Å². The van der Waals surface area contributed by atoms with Crippen LogP contribution in [0.15, 0.2) is 34.8 Å². The van der Waals surface area contributed by atoms with E-state index in [2.05, 4.69) is 26.1 Å². The van der Waals surface area contributed by atoms with E-state index >= 15 is 0 Å². The number of carbonyl (C=O) groups is 4. The summed E-state index contributed by atoms with van der Waals surface area (Å²) in [4.78, 5) is 66.8. The summed E-state index contributed by atoms with van der Waals surface area (Å²) in [6.07, 6.45) is -0.103. The number of rotatable bonds is 14. The second-order valence-corrected chi connectivity index (χ2v) is 10.6. The van der Waals surface area contributed by atoms with Crippen molar-refractivity contribution in [2.75, 3.05) is 18.0 Å². The number of carbonyl (C=O) groups excluding carboxylic acids is 3. The number of nitro benzene ring substituents is 1. The highest BCUT2D eigenvalue weighted by atomic mass is 32.2. The van der Waals surface area contributed by atoms with Crippen LogP contribution in [0, 0.1) is 10.1 Å². The highest BCUT2D eigenvalue weighted by Crippen LogP contribution is 2.22. The number of nitrogen functional groups attached to an aromatic ring is 1. The Bertz CT molecular complexity index is 1290. The maximum Gasteiger partial charge on any atom is 0.407 e. The maximum absolute atomic E-state index is 12.2. The van der Waals surface area contributed by atoms with Gasteiger partial charge in [-0.25, -0.2) is 14.6 Å². The van der Waals surface area contributed by atoms with Gasteiger partial charge in [0, 0.05) is 36.2 Å². The number of hydrogen-bond acceptors (Lipinski definition) is 13. The Morgan fingerprint density at radius 3 is 2.70 bits per heavy atom. The van der Waals surface area contributed by atoms with Crippen LogP contribution in [0.2, 0.25) is 0 Å². The molecule has 0 saturated carbocycles. The van der Waals surface area contributed by atoms with Crippen LogP contribution in [-0.2, 0) is 37.0 Å². The largest absolute Gasteiger partial charge is 0.478 e. The Balaban J connectivity index is 1.36. The number of hydrogen-bond donors (Lipinski definition) is 5. The molecule has 1 aliphatic heterocycles. The number of oxime groups is 1. The predicted molar refractivity (Wildman–Crippen MR) is 143 cm³/mol. The molecule has 0 spiro atoms. The van der Waals surface area contributed by atoms with Gasteiger partial charge in [-0.15, -0.1) is 23.1 Å². The third-order valence-corrected chi connectivity index (χ3v) is 7.23. The summed E-state index contributed by atoms with van der Waals surface area (Å²) in [5.41, 5.74) is 4.66. The number of alkyl carbamates (subject to hydrolysis) is 1. The summed E-state index contributed by atoms with van der Waals surface area (Å²) < 4.78 is 5.05. The van der Waals surface area contributed by atoms with Crippen molar-refractivity contribution in [3.05, 3.63) is 51.0 Å². The Morgan fingerprint density at radius 1 is 1.38 bits per heavy atom. The minimum absolute atomic E-state index is 0.0693. The van der Waals surface area contributed by atoms with Gasteiger partial charge in [-0.1, -0.05) is 5.16 Å². The smallest absolute Gasteiger partial charge is 0.407 e. The SMILES string of the molecule is CC(Cc1csc(N)n1)(ON=CC(=O)N[C@@H]1C(=O)N[C@@H]1SCCNC(=O)OCc1ccc([N+](=O)[O-])cc1)C(=O)O. The Hall–Kier alpha value is -4.45. The molecule has 0 radical (unpaired) electrons. The minimum Gasteiger partial charge on any atom is -0.478 e. The number of nitrogens with one attached hydrogen (secondary N) is 3. The molecule has 16 nitrogen and oxygen atoms in total. The third kappa shape index (κ3) is 8.53. The zero-order chi connectivity index (χ0) is 29.3. The average molecular weight is 596 g/mol. The van der Waals surface area contributed by atoms with Gasteiger partial charge in [0.15, 0.2) is 5.13 Å². The van der Waals surface area contributed by atoms with Gasteiger partial charge in [-0.3, -0.25) is 19.7 Å². The molecule has 1 aliphatic rings. The van der Waals surface area contributed by atoms with Gasteiger partial charge in [0.05, 0.1) is 10.6 Å². The number of thioether (sulfide) groups is 1. The third-order valence-electron chi connectivity index (χ3n) is 5.32. The van der Waals surface area contributed by atoms with Crippen molar-refractivity contribution >= 4 is 64.0 Å². The zero-order valence-electron chi connectivity index (χ0n) is 20.9. The maximum atomic E-state index is 12.2. The summed E-state index contributed by atoms with van der Waals surface area (Å²) in [7, 11) is 0. The van der Waals surface area contributed by atoms with E-state index in [0.29, 0.717) is 17.0 Å². The standard InChI is InChI=1S/C22H25N7O9S2/c1-22(19(32)33,8-13-11-40-20(23)26-13)38-25-9-15(30)27-16-17(31)28-18(16)39-7-6-24-21(34)37-10-12-2-4-14(5-3-12)29(35)36/h2-5,9,11,16,18H,6-8,10H2,1H3,(H2,23,26)(H,24,34)(H,27,30)(H,28,31)(H,32,33)/t16-,18-,22?/m1/s1. The lowest BCUT2D eigenvalue weighted by molar-refractivity contribution is -0.384. The first-order valence-corrected chi connectivity index (χ1v) is 13.4. The molecule has 1 aromatic carbocycles. The van der Waals surface area contributed by atoms with Crippen molar-refractivity contribution in [3.8, 4) is 0 Å². The summed E-state index contributed by atoms with van der Waals surface area (Å²) in [6.45, 7) is 1.40. The minimum atomic E-state index is -1.81. The number of nitrogens with zero attached hydrogens (tertiary/aromatic N) is 3. The first-order valence-electron chi connectivity index (χ1n) is 11.5. The molecular weight excluding hydrogens is 570 g/mol. The van der Waals surface area contributed by atoms with E-state index in [0.717, 1.165) is 17.6 Å². The van der Waals surface area contributed by atoms with Crippen LogP contribution < -0.4 is 21.7 Å². The number of β-lactam (4-membered cyclic amide) rings is 1. The van der Waals surface area contributed by atoms with E-state index in [4.69, 9.17) is 15.3 Å². The van der Waals surface area contributed by atoms with Crippen molar-refractivity contribution in [1.29, 1.82) is 0 Å². The molecular formula is C22H25N7O9S2. The highest BCUT2D eigenvalue weighted by molar-refractivity contribution is 8.00. The van der Waals surface area contributed by atoms with Crippen LogP contribution in [0.4, 0.5) is 15.6 Å². The fraction of sp³-hybridized carbons (Fsp3) is 0.364. The zero-order valence-corrected chi connectivity index (χ0v) is 22.5. The van der Waals surface area contributed by atoms with Gasteiger partial charge in [-0.05, 0) is 24.6 Å². The molecule has 1 aromatic heterocycles. The number of ether oxygens (including phenoxy) is 1. The molecule has 0 bridgehead atoms. The normalized spacial score (nSPS) is 17.7. The van der Waals surface area contributed by atoms with Crippen LogP contribution in [0.3, 0.4) is 0 Å². The molecule has 0 aliphatic carbocycles. The van der Waals surface area contributed by atoms with Crippen molar-refractivity contribution in [2.45, 2.75) is 37.0 Å². The van der Waals surface area contributed by atoms with Gasteiger partial charge >= 0.3 is 12.1 Å². The second-order valence-electron chi connectivity index (χ2n) is 8.43. The summed E-state index contributed by atoms with van der Waals surface area (Å²) >= 11 is 2.41. The number of non-ortho nitro benzene ring substituents is 1. The van der Waals surface area contributed by atoms with E-state index in [1.165, 1.54) is 43.0 Å². The van der Waals surface area contributed by atoms with Crippen molar-refractivity contribution in [3.63, 3.8) is 0 Å². The Morgan fingerprint density at radius 2 is 2.10 bits per heavy atom. The number of thiazole rings is 1. The average Bonchev–Trinajstić information content (AvgIpc) is 3.31. The number of nitrogens with two attached hydrogens (primary N) is 1. The molecule has 214 valence electrons. The number of benzene rings is 1. The second kappa shape index (κ2) is 13.6. The fourth-order valence-corrected chi connectivity index (χ4v) is 4.78. The molecule has 2 heterocycles. The van der Waals surface area contributed by atoms with E-state index in [9.17, 15) is 34.4 Å². The quantitative estimate of drug-likeness (QED) is 0.0664. The molecule has 40 heavy (non-hydrogen) atoms. The first-order chi connectivity index (χ1) is 19.0. The van der Waals surface area contributed by atoms with Crippen molar-refractivity contribution in [1.82, 2.24) is 20.9 Å². The molecule has 1 unspecified atom stereocenters. The van der Waals surface area contributed by atoms with Crippen LogP contribution in [0.1, 0.15) is 18.2 Å². The lowest BCUT2D eigenvalue weighted by Crippen LogP contribution is -2.68. The van der Waals surface area contributed by atoms with Gasteiger partial charge in [0.2, 0.25) is 11.5 Å². The number of nitro groups is 1. The molecule has 3 rings (SSSR count). The van der Waals surface area contributed by atoms with Crippen LogP contribution in [0.25, 0.3) is 0 Å². The number of amides is 3. The number of aromatic nitrogens is 1. The first kappa shape index (κ1) is 30.1. The van der Waals surface area contributed by atoms with Crippen molar-refractivity contribution in [2.24, 2.45) is 5.16 Å². The van der Waals surface area contributed by atoms with Crippen LogP contribution in [0.5, 0.6) is 0 Å². The topological polar surface area (TPSA) is 237 Å². The number of carboxylic acids is 1.